The Morgan fingerprint density at radius 3 is 2.62 bits per heavy atom. The zero-order chi connectivity index (χ0) is 18.1. The van der Waals surface area contributed by atoms with Crippen LogP contribution < -0.4 is 10.5 Å². The number of hydrogen-bond acceptors (Lipinski definition) is 4. The fraction of sp³-hybridized carbons (Fsp3) is 0.286. The van der Waals surface area contributed by atoms with Gasteiger partial charge in [-0.05, 0) is 42.3 Å². The van der Waals surface area contributed by atoms with Crippen molar-refractivity contribution in [3.8, 4) is 0 Å². The highest BCUT2D eigenvalue weighted by Crippen LogP contribution is 2.23. The minimum absolute atomic E-state index is 0.282. The third kappa shape index (κ3) is 3.62. The lowest BCUT2D eigenvalue weighted by molar-refractivity contribution is 0.250. The van der Waals surface area contributed by atoms with Crippen molar-refractivity contribution in [2.24, 2.45) is 0 Å². The Morgan fingerprint density at radius 1 is 1.04 bits per heavy atom. The predicted molar refractivity (Wildman–Crippen MR) is 106 cm³/mol. The van der Waals surface area contributed by atoms with Crippen LogP contribution in [-0.4, -0.2) is 31.1 Å². The molecule has 0 spiro atoms. The van der Waals surface area contributed by atoms with E-state index in [1.54, 1.807) is 6.07 Å². The minimum Gasteiger partial charge on any atom is -0.423 e. The Morgan fingerprint density at radius 2 is 1.85 bits per heavy atom. The largest absolute Gasteiger partial charge is 0.423 e. The second-order valence-corrected chi connectivity index (χ2v) is 7.27. The van der Waals surface area contributed by atoms with Gasteiger partial charge in [0.15, 0.2) is 0 Å². The molecule has 134 valence electrons. The summed E-state index contributed by atoms with van der Waals surface area (Å²) in [6.45, 7) is 6.54. The normalized spacial score (nSPS) is 15.5. The SMILES string of the molecule is Cc1ccc2c(CN3CCN(c4cccc(Cl)c4)CC3)cc(=O)oc2c1. The van der Waals surface area contributed by atoms with Crippen molar-refractivity contribution in [1.29, 1.82) is 0 Å². The van der Waals surface area contributed by atoms with Gasteiger partial charge in [-0.1, -0.05) is 29.8 Å². The summed E-state index contributed by atoms with van der Waals surface area (Å²) in [7, 11) is 0. The summed E-state index contributed by atoms with van der Waals surface area (Å²) in [6.07, 6.45) is 0. The van der Waals surface area contributed by atoms with Gasteiger partial charge in [-0.3, -0.25) is 4.90 Å². The first kappa shape index (κ1) is 17.1. The average molecular weight is 369 g/mol. The second kappa shape index (κ2) is 7.14. The summed E-state index contributed by atoms with van der Waals surface area (Å²) < 4.78 is 5.36. The number of fused-ring (bicyclic) bond motifs is 1. The minimum atomic E-state index is -0.282. The molecule has 0 N–H and O–H groups in total. The molecule has 0 bridgehead atoms. The first-order valence-electron chi connectivity index (χ1n) is 8.85. The number of aryl methyl sites for hydroxylation is 1. The number of piperazine rings is 1. The van der Waals surface area contributed by atoms with Crippen LogP contribution in [0, 0.1) is 6.92 Å². The van der Waals surface area contributed by atoms with Crippen molar-refractivity contribution >= 4 is 28.3 Å². The molecule has 1 aliphatic heterocycles. The van der Waals surface area contributed by atoms with E-state index in [9.17, 15) is 4.79 Å². The van der Waals surface area contributed by atoms with Crippen LogP contribution in [0.2, 0.25) is 5.02 Å². The molecule has 0 atom stereocenters. The molecular weight excluding hydrogens is 348 g/mol. The second-order valence-electron chi connectivity index (χ2n) is 6.83. The quantitative estimate of drug-likeness (QED) is 0.653. The molecule has 0 radical (unpaired) electrons. The molecule has 4 nitrogen and oxygen atoms in total. The Bertz CT molecular complexity index is 991. The highest BCUT2D eigenvalue weighted by Gasteiger charge is 2.19. The van der Waals surface area contributed by atoms with E-state index in [1.807, 2.05) is 37.3 Å². The molecule has 2 aromatic carbocycles. The van der Waals surface area contributed by atoms with E-state index < -0.39 is 0 Å². The number of halogens is 1. The maximum atomic E-state index is 11.9. The van der Waals surface area contributed by atoms with Crippen LogP contribution in [0.4, 0.5) is 5.69 Å². The van der Waals surface area contributed by atoms with Gasteiger partial charge < -0.3 is 9.32 Å². The van der Waals surface area contributed by atoms with E-state index in [0.717, 1.165) is 54.3 Å². The highest BCUT2D eigenvalue weighted by atomic mass is 35.5. The van der Waals surface area contributed by atoms with Gasteiger partial charge in [0.2, 0.25) is 0 Å². The van der Waals surface area contributed by atoms with E-state index in [1.165, 1.54) is 5.69 Å². The van der Waals surface area contributed by atoms with E-state index in [-0.39, 0.29) is 5.63 Å². The summed E-state index contributed by atoms with van der Waals surface area (Å²) in [6, 6.07) is 15.7. The molecule has 0 amide bonds. The number of rotatable bonds is 3. The Labute approximate surface area is 157 Å². The Hall–Kier alpha value is -2.30. The van der Waals surface area contributed by atoms with Crippen LogP contribution >= 0.6 is 11.6 Å². The van der Waals surface area contributed by atoms with Crippen LogP contribution in [0.25, 0.3) is 11.0 Å². The Balaban J connectivity index is 1.50. The molecule has 1 fully saturated rings. The van der Waals surface area contributed by atoms with Crippen molar-refractivity contribution in [3.05, 3.63) is 75.1 Å². The van der Waals surface area contributed by atoms with Crippen molar-refractivity contribution in [2.75, 3.05) is 31.1 Å². The van der Waals surface area contributed by atoms with Crippen LogP contribution in [0.3, 0.4) is 0 Å². The maximum Gasteiger partial charge on any atom is 0.336 e. The molecule has 26 heavy (non-hydrogen) atoms. The van der Waals surface area contributed by atoms with E-state index >= 15 is 0 Å². The number of anilines is 1. The van der Waals surface area contributed by atoms with Crippen LogP contribution in [0.5, 0.6) is 0 Å². The summed E-state index contributed by atoms with van der Waals surface area (Å²) in [4.78, 5) is 16.7. The number of nitrogens with zero attached hydrogens (tertiary/aromatic N) is 2. The number of benzene rings is 2. The molecule has 1 saturated heterocycles. The maximum absolute atomic E-state index is 11.9. The van der Waals surface area contributed by atoms with E-state index in [4.69, 9.17) is 16.0 Å². The molecular formula is C21H21ClN2O2. The third-order valence-electron chi connectivity index (χ3n) is 4.93. The van der Waals surface area contributed by atoms with Gasteiger partial charge in [-0.15, -0.1) is 0 Å². The summed E-state index contributed by atoms with van der Waals surface area (Å²) >= 11 is 6.11. The zero-order valence-electron chi connectivity index (χ0n) is 14.7. The highest BCUT2D eigenvalue weighted by molar-refractivity contribution is 6.30. The van der Waals surface area contributed by atoms with E-state index in [0.29, 0.717) is 5.58 Å². The molecule has 0 unspecified atom stereocenters. The molecule has 0 saturated carbocycles. The number of hydrogen-bond donors (Lipinski definition) is 0. The zero-order valence-corrected chi connectivity index (χ0v) is 15.5. The predicted octanol–water partition coefficient (Wildman–Crippen LogP) is 4.08. The fourth-order valence-electron chi connectivity index (χ4n) is 3.55. The van der Waals surface area contributed by atoms with Gasteiger partial charge in [-0.2, -0.15) is 0 Å². The lowest BCUT2D eigenvalue weighted by Gasteiger charge is -2.36. The summed E-state index contributed by atoms with van der Waals surface area (Å²) in [5, 5.41) is 1.79. The van der Waals surface area contributed by atoms with Gasteiger partial charge in [0.1, 0.15) is 5.58 Å². The standard InChI is InChI=1S/C21H21ClN2O2/c1-15-5-6-19-16(12-21(25)26-20(19)11-15)14-23-7-9-24(10-8-23)18-4-2-3-17(22)13-18/h2-6,11-13H,7-10,14H2,1H3. The summed E-state index contributed by atoms with van der Waals surface area (Å²) in [5.74, 6) is 0. The molecule has 5 heteroatoms. The monoisotopic (exact) mass is 368 g/mol. The van der Waals surface area contributed by atoms with Gasteiger partial charge >= 0.3 is 5.63 Å². The van der Waals surface area contributed by atoms with Crippen LogP contribution in [-0.2, 0) is 6.54 Å². The van der Waals surface area contributed by atoms with Crippen molar-refractivity contribution < 1.29 is 4.42 Å². The molecule has 0 aliphatic carbocycles. The molecule has 4 rings (SSSR count). The summed E-state index contributed by atoms with van der Waals surface area (Å²) in [5.41, 5.74) is 3.68. The average Bonchev–Trinajstić information content (AvgIpc) is 2.62. The topological polar surface area (TPSA) is 36.7 Å². The molecule has 1 aliphatic rings. The molecule has 2 heterocycles. The van der Waals surface area contributed by atoms with Gasteiger partial charge in [0, 0.05) is 54.9 Å². The molecule has 1 aromatic heterocycles. The Kier molecular flexibility index (Phi) is 4.70. The van der Waals surface area contributed by atoms with Crippen LogP contribution in [0.1, 0.15) is 11.1 Å². The first-order valence-corrected chi connectivity index (χ1v) is 9.22. The first-order chi connectivity index (χ1) is 12.6. The van der Waals surface area contributed by atoms with Crippen molar-refractivity contribution in [2.45, 2.75) is 13.5 Å². The van der Waals surface area contributed by atoms with Crippen LogP contribution in [0.15, 0.2) is 57.7 Å². The lowest BCUT2D eigenvalue weighted by Crippen LogP contribution is -2.46. The van der Waals surface area contributed by atoms with Gasteiger partial charge in [-0.25, -0.2) is 4.79 Å². The third-order valence-corrected chi connectivity index (χ3v) is 5.16. The van der Waals surface area contributed by atoms with E-state index in [2.05, 4.69) is 21.9 Å². The van der Waals surface area contributed by atoms with Crippen molar-refractivity contribution in [3.63, 3.8) is 0 Å². The van der Waals surface area contributed by atoms with Crippen molar-refractivity contribution in [1.82, 2.24) is 4.90 Å². The van der Waals surface area contributed by atoms with Gasteiger partial charge in [0.25, 0.3) is 0 Å². The fourth-order valence-corrected chi connectivity index (χ4v) is 3.73. The van der Waals surface area contributed by atoms with Gasteiger partial charge in [0.05, 0.1) is 0 Å². The molecule has 3 aromatic rings. The lowest BCUT2D eigenvalue weighted by atomic mass is 10.1. The smallest absolute Gasteiger partial charge is 0.336 e.